The Hall–Kier alpha value is -1.88. The average Bonchev–Trinajstić information content (AvgIpc) is 2.96. The van der Waals surface area contributed by atoms with Crippen molar-refractivity contribution >= 4 is 6.01 Å². The van der Waals surface area contributed by atoms with Crippen LogP contribution in [0, 0.1) is 0 Å². The van der Waals surface area contributed by atoms with E-state index in [0.29, 0.717) is 11.9 Å². The molecule has 0 aliphatic carbocycles. The highest BCUT2D eigenvalue weighted by atomic mass is 16.4. The van der Waals surface area contributed by atoms with Crippen molar-refractivity contribution < 1.29 is 4.42 Å². The summed E-state index contributed by atoms with van der Waals surface area (Å²) in [6.07, 6.45) is 0. The second kappa shape index (κ2) is 7.05. The fourth-order valence-corrected chi connectivity index (χ4v) is 2.04. The predicted molar refractivity (Wildman–Crippen MR) is 79.6 cm³/mol. The van der Waals surface area contributed by atoms with Crippen LogP contribution in [0.2, 0.25) is 0 Å². The molecule has 1 unspecified atom stereocenters. The first-order valence-corrected chi connectivity index (χ1v) is 7.10. The Kier molecular flexibility index (Phi) is 5.12. The monoisotopic (exact) mass is 274 g/mol. The number of aromatic nitrogens is 2. The van der Waals surface area contributed by atoms with Crippen LogP contribution in [-0.4, -0.2) is 23.3 Å². The molecule has 0 bridgehead atoms. The van der Waals surface area contributed by atoms with E-state index in [9.17, 15) is 0 Å². The Bertz CT molecular complexity index is 512. The number of nitrogens with zero attached hydrogens (tertiary/aromatic N) is 3. The first-order chi connectivity index (χ1) is 9.74. The van der Waals surface area contributed by atoms with Gasteiger partial charge < -0.3 is 14.6 Å². The van der Waals surface area contributed by atoms with Crippen LogP contribution in [0.25, 0.3) is 0 Å². The van der Waals surface area contributed by atoms with E-state index < -0.39 is 0 Å². The van der Waals surface area contributed by atoms with E-state index in [1.54, 1.807) is 0 Å². The van der Waals surface area contributed by atoms with E-state index in [0.717, 1.165) is 19.6 Å². The molecule has 5 nitrogen and oxygen atoms in total. The number of hydrogen-bond donors (Lipinski definition) is 1. The van der Waals surface area contributed by atoms with Crippen molar-refractivity contribution in [2.75, 3.05) is 18.0 Å². The van der Waals surface area contributed by atoms with Gasteiger partial charge in [0.1, 0.15) is 0 Å². The number of rotatable bonds is 7. The largest absolute Gasteiger partial charge is 0.406 e. The molecule has 5 heteroatoms. The van der Waals surface area contributed by atoms with Gasteiger partial charge in [-0.05, 0) is 26.0 Å². The van der Waals surface area contributed by atoms with E-state index in [1.807, 2.05) is 25.1 Å². The molecule has 2 aromatic rings. The highest BCUT2D eigenvalue weighted by molar-refractivity contribution is 5.28. The van der Waals surface area contributed by atoms with Gasteiger partial charge >= 0.3 is 6.01 Å². The Morgan fingerprint density at radius 1 is 1.20 bits per heavy atom. The third-order valence-electron chi connectivity index (χ3n) is 3.18. The maximum atomic E-state index is 5.76. The van der Waals surface area contributed by atoms with Crippen molar-refractivity contribution in [1.82, 2.24) is 15.5 Å². The molecule has 0 fully saturated rings. The fraction of sp³-hybridized carbons (Fsp3) is 0.467. The van der Waals surface area contributed by atoms with Crippen molar-refractivity contribution in [2.45, 2.75) is 33.4 Å². The van der Waals surface area contributed by atoms with Crippen LogP contribution in [0.15, 0.2) is 34.7 Å². The summed E-state index contributed by atoms with van der Waals surface area (Å²) in [4.78, 5) is 2.07. The quantitative estimate of drug-likeness (QED) is 0.841. The highest BCUT2D eigenvalue weighted by Crippen LogP contribution is 2.19. The predicted octanol–water partition coefficient (Wildman–Crippen LogP) is 2.77. The molecule has 1 aromatic carbocycles. The Balaban J connectivity index is 2.08. The van der Waals surface area contributed by atoms with Crippen LogP contribution in [0.5, 0.6) is 0 Å². The maximum Gasteiger partial charge on any atom is 0.318 e. The SMILES string of the molecule is CCNC(C)c1nnc(N(CC)Cc2ccccc2)o1. The minimum Gasteiger partial charge on any atom is -0.406 e. The third kappa shape index (κ3) is 3.57. The zero-order valence-electron chi connectivity index (χ0n) is 12.3. The lowest BCUT2D eigenvalue weighted by atomic mass is 10.2. The summed E-state index contributed by atoms with van der Waals surface area (Å²) >= 11 is 0. The molecule has 0 aliphatic heterocycles. The highest BCUT2D eigenvalue weighted by Gasteiger charge is 2.16. The second-order valence-corrected chi connectivity index (χ2v) is 4.70. The summed E-state index contributed by atoms with van der Waals surface area (Å²) in [6.45, 7) is 8.64. The number of nitrogens with one attached hydrogen (secondary N) is 1. The molecule has 0 radical (unpaired) electrons. The van der Waals surface area contributed by atoms with Crippen LogP contribution in [0.4, 0.5) is 6.01 Å². The van der Waals surface area contributed by atoms with Gasteiger partial charge in [-0.25, -0.2) is 0 Å². The van der Waals surface area contributed by atoms with Gasteiger partial charge in [0.05, 0.1) is 6.04 Å². The molecule has 0 amide bonds. The number of hydrogen-bond acceptors (Lipinski definition) is 5. The first kappa shape index (κ1) is 14.5. The molecule has 2 rings (SSSR count). The van der Waals surface area contributed by atoms with Crippen LogP contribution in [0.1, 0.15) is 38.3 Å². The molecular weight excluding hydrogens is 252 g/mol. The van der Waals surface area contributed by atoms with Gasteiger partial charge in [0, 0.05) is 13.1 Å². The Morgan fingerprint density at radius 3 is 2.60 bits per heavy atom. The van der Waals surface area contributed by atoms with Crippen molar-refractivity contribution in [3.8, 4) is 0 Å². The van der Waals surface area contributed by atoms with Crippen molar-refractivity contribution in [1.29, 1.82) is 0 Å². The Morgan fingerprint density at radius 2 is 1.95 bits per heavy atom. The normalized spacial score (nSPS) is 12.3. The molecule has 0 spiro atoms. The van der Waals surface area contributed by atoms with Gasteiger partial charge in [-0.2, -0.15) is 0 Å². The number of anilines is 1. The van der Waals surface area contributed by atoms with Gasteiger partial charge in [-0.15, -0.1) is 5.10 Å². The van der Waals surface area contributed by atoms with Crippen molar-refractivity contribution in [2.24, 2.45) is 0 Å². The van der Waals surface area contributed by atoms with E-state index in [-0.39, 0.29) is 6.04 Å². The summed E-state index contributed by atoms with van der Waals surface area (Å²) in [6, 6.07) is 10.9. The van der Waals surface area contributed by atoms with Crippen LogP contribution in [0.3, 0.4) is 0 Å². The van der Waals surface area contributed by atoms with Gasteiger partial charge in [0.25, 0.3) is 0 Å². The number of benzene rings is 1. The van der Waals surface area contributed by atoms with Gasteiger partial charge in [0.15, 0.2) is 0 Å². The molecule has 1 N–H and O–H groups in total. The first-order valence-electron chi connectivity index (χ1n) is 7.10. The van der Waals surface area contributed by atoms with E-state index in [4.69, 9.17) is 4.42 Å². The van der Waals surface area contributed by atoms with Crippen LogP contribution >= 0.6 is 0 Å². The lowest BCUT2D eigenvalue weighted by molar-refractivity contribution is 0.419. The topological polar surface area (TPSA) is 54.2 Å². The molecule has 0 aliphatic rings. The molecule has 1 heterocycles. The summed E-state index contributed by atoms with van der Waals surface area (Å²) in [5.41, 5.74) is 1.23. The summed E-state index contributed by atoms with van der Waals surface area (Å²) in [5.74, 6) is 0.633. The molecule has 1 atom stereocenters. The molecule has 108 valence electrons. The van der Waals surface area contributed by atoms with Crippen LogP contribution in [-0.2, 0) is 6.54 Å². The smallest absolute Gasteiger partial charge is 0.318 e. The lowest BCUT2D eigenvalue weighted by Crippen LogP contribution is -2.22. The molecule has 0 saturated heterocycles. The maximum absolute atomic E-state index is 5.76. The van der Waals surface area contributed by atoms with E-state index in [1.165, 1.54) is 5.56 Å². The molecule has 0 saturated carbocycles. The van der Waals surface area contributed by atoms with E-state index in [2.05, 4.69) is 46.4 Å². The zero-order valence-corrected chi connectivity index (χ0v) is 12.3. The minimum atomic E-state index is 0.0803. The van der Waals surface area contributed by atoms with Gasteiger partial charge in [0.2, 0.25) is 5.89 Å². The van der Waals surface area contributed by atoms with Crippen molar-refractivity contribution in [3.63, 3.8) is 0 Å². The summed E-state index contributed by atoms with van der Waals surface area (Å²) in [7, 11) is 0. The second-order valence-electron chi connectivity index (χ2n) is 4.70. The Labute approximate surface area is 120 Å². The standard InChI is InChI=1S/C15H22N4O/c1-4-16-12(3)14-17-18-15(20-14)19(5-2)11-13-9-7-6-8-10-13/h6-10,12,16H,4-5,11H2,1-3H3. The minimum absolute atomic E-state index is 0.0803. The molecular formula is C15H22N4O. The molecule has 20 heavy (non-hydrogen) atoms. The summed E-state index contributed by atoms with van der Waals surface area (Å²) in [5, 5.41) is 11.5. The van der Waals surface area contributed by atoms with Crippen molar-refractivity contribution in [3.05, 3.63) is 41.8 Å². The third-order valence-corrected chi connectivity index (χ3v) is 3.18. The summed E-state index contributed by atoms with van der Waals surface area (Å²) < 4.78 is 5.76. The fourth-order valence-electron chi connectivity index (χ4n) is 2.04. The molecule has 1 aromatic heterocycles. The van der Waals surface area contributed by atoms with Gasteiger partial charge in [-0.3, -0.25) is 0 Å². The van der Waals surface area contributed by atoms with Gasteiger partial charge in [-0.1, -0.05) is 42.4 Å². The van der Waals surface area contributed by atoms with Crippen LogP contribution < -0.4 is 10.2 Å². The zero-order chi connectivity index (χ0) is 14.4. The average molecular weight is 274 g/mol. The lowest BCUT2D eigenvalue weighted by Gasteiger charge is -2.18. The van der Waals surface area contributed by atoms with E-state index >= 15 is 0 Å².